The van der Waals surface area contributed by atoms with Crippen molar-refractivity contribution in [2.45, 2.75) is 13.5 Å². The fourth-order valence-corrected chi connectivity index (χ4v) is 2.32. The van der Waals surface area contributed by atoms with E-state index in [4.69, 9.17) is 16.0 Å². The van der Waals surface area contributed by atoms with Crippen LogP contribution in [0.25, 0.3) is 11.0 Å². The van der Waals surface area contributed by atoms with E-state index in [1.165, 1.54) is 0 Å². The van der Waals surface area contributed by atoms with Crippen molar-refractivity contribution in [1.82, 2.24) is 9.78 Å². The third-order valence-corrected chi connectivity index (χ3v) is 3.47. The van der Waals surface area contributed by atoms with Crippen molar-refractivity contribution in [1.29, 1.82) is 0 Å². The Balaban J connectivity index is 2.13. The molecule has 0 radical (unpaired) electrons. The molecular weight excluding hydrogens is 280 g/mol. The van der Waals surface area contributed by atoms with Crippen molar-refractivity contribution < 1.29 is 14.3 Å². The molecule has 3 rings (SSSR count). The summed E-state index contributed by atoms with van der Waals surface area (Å²) in [6.45, 7) is 2.09. The van der Waals surface area contributed by atoms with E-state index in [-0.39, 0.29) is 5.76 Å². The maximum atomic E-state index is 11.3. The van der Waals surface area contributed by atoms with Crippen LogP contribution in [0.4, 0.5) is 0 Å². The summed E-state index contributed by atoms with van der Waals surface area (Å²) in [6, 6.07) is 7.22. The van der Waals surface area contributed by atoms with Gasteiger partial charge in [0.15, 0.2) is 0 Å². The molecule has 1 N–H and O–H groups in total. The molecule has 0 aliphatic rings. The zero-order chi connectivity index (χ0) is 14.3. The third-order valence-electron chi connectivity index (χ3n) is 3.10. The van der Waals surface area contributed by atoms with Gasteiger partial charge in [-0.2, -0.15) is 5.10 Å². The molecule has 0 amide bonds. The maximum Gasteiger partial charge on any atom is 0.372 e. The van der Waals surface area contributed by atoms with Crippen LogP contribution in [0, 0.1) is 6.92 Å². The number of nitrogens with zero attached hydrogens (tertiary/aromatic N) is 2. The number of fused-ring (bicyclic) bond motifs is 1. The number of furan rings is 1. The molecule has 6 heteroatoms. The van der Waals surface area contributed by atoms with Gasteiger partial charge in [-0.25, -0.2) is 4.79 Å². The second kappa shape index (κ2) is 4.68. The number of carbonyl (C=O) groups is 1. The SMILES string of the molecule is Cc1nn(Cc2c(C(=O)O)oc3ccccc23)cc1Cl. The molecule has 3 aromatic rings. The standard InChI is InChI=1S/C14H11ClN2O3/c1-8-11(15)7-17(16-8)6-10-9-4-2-3-5-12(9)20-13(10)14(18)19/h2-5,7H,6H2,1H3,(H,18,19). The first-order chi connectivity index (χ1) is 9.56. The lowest BCUT2D eigenvalue weighted by Crippen LogP contribution is -2.05. The number of aryl methyl sites for hydroxylation is 1. The lowest BCUT2D eigenvalue weighted by molar-refractivity contribution is 0.0663. The summed E-state index contributed by atoms with van der Waals surface area (Å²) < 4.78 is 7.01. The Hall–Kier alpha value is -2.27. The molecular formula is C14H11ClN2O3. The third kappa shape index (κ3) is 2.06. The number of aromatic nitrogens is 2. The molecule has 0 aliphatic heterocycles. The molecule has 0 spiro atoms. The summed E-state index contributed by atoms with van der Waals surface area (Å²) in [5.41, 5.74) is 1.85. The van der Waals surface area contributed by atoms with Crippen LogP contribution in [0.15, 0.2) is 34.9 Å². The van der Waals surface area contributed by atoms with Crippen molar-refractivity contribution >= 4 is 28.5 Å². The largest absolute Gasteiger partial charge is 0.475 e. The van der Waals surface area contributed by atoms with Gasteiger partial charge in [0.1, 0.15) is 5.58 Å². The average molecular weight is 291 g/mol. The number of rotatable bonds is 3. The summed E-state index contributed by atoms with van der Waals surface area (Å²) >= 11 is 5.97. The van der Waals surface area contributed by atoms with Gasteiger partial charge in [0.05, 0.1) is 17.3 Å². The predicted molar refractivity (Wildman–Crippen MR) is 74.2 cm³/mol. The minimum Gasteiger partial charge on any atom is -0.475 e. The Morgan fingerprint density at radius 2 is 2.20 bits per heavy atom. The summed E-state index contributed by atoms with van der Waals surface area (Å²) in [5, 5.41) is 14.8. The van der Waals surface area contributed by atoms with Crippen molar-refractivity contribution in [3.63, 3.8) is 0 Å². The highest BCUT2D eigenvalue weighted by Gasteiger charge is 2.20. The summed E-state index contributed by atoms with van der Waals surface area (Å²) in [4.78, 5) is 11.3. The van der Waals surface area contributed by atoms with Crippen LogP contribution < -0.4 is 0 Å². The fraction of sp³-hybridized carbons (Fsp3) is 0.143. The van der Waals surface area contributed by atoms with Gasteiger partial charge >= 0.3 is 5.97 Å². The molecule has 5 nitrogen and oxygen atoms in total. The van der Waals surface area contributed by atoms with Crippen molar-refractivity contribution in [3.8, 4) is 0 Å². The van der Waals surface area contributed by atoms with Crippen LogP contribution >= 0.6 is 11.6 Å². The van der Waals surface area contributed by atoms with Gasteiger partial charge in [-0.1, -0.05) is 29.8 Å². The van der Waals surface area contributed by atoms with Gasteiger partial charge < -0.3 is 9.52 Å². The fourth-order valence-electron chi connectivity index (χ4n) is 2.17. The van der Waals surface area contributed by atoms with E-state index >= 15 is 0 Å². The minimum absolute atomic E-state index is 0.0597. The number of hydrogen-bond acceptors (Lipinski definition) is 3. The van der Waals surface area contributed by atoms with E-state index < -0.39 is 5.97 Å². The van der Waals surface area contributed by atoms with Crippen molar-refractivity contribution in [2.24, 2.45) is 0 Å². The van der Waals surface area contributed by atoms with E-state index in [9.17, 15) is 9.90 Å². The summed E-state index contributed by atoms with van der Waals surface area (Å²) in [7, 11) is 0. The monoisotopic (exact) mass is 290 g/mol. The number of aromatic carboxylic acids is 1. The Bertz CT molecular complexity index is 784. The highest BCUT2D eigenvalue weighted by Crippen LogP contribution is 2.27. The normalized spacial score (nSPS) is 11.1. The topological polar surface area (TPSA) is 68.3 Å². The molecule has 2 aromatic heterocycles. The van der Waals surface area contributed by atoms with Gasteiger partial charge in [0, 0.05) is 17.1 Å². The highest BCUT2D eigenvalue weighted by atomic mass is 35.5. The zero-order valence-corrected chi connectivity index (χ0v) is 11.4. The first kappa shape index (κ1) is 12.7. The van der Waals surface area contributed by atoms with Crippen LogP contribution in [0.3, 0.4) is 0 Å². The van der Waals surface area contributed by atoms with E-state index in [0.29, 0.717) is 28.4 Å². The van der Waals surface area contributed by atoms with Crippen LogP contribution in [-0.4, -0.2) is 20.9 Å². The molecule has 0 fully saturated rings. The Morgan fingerprint density at radius 1 is 1.45 bits per heavy atom. The Morgan fingerprint density at radius 3 is 2.85 bits per heavy atom. The molecule has 102 valence electrons. The van der Waals surface area contributed by atoms with Gasteiger partial charge in [-0.3, -0.25) is 4.68 Å². The highest BCUT2D eigenvalue weighted by molar-refractivity contribution is 6.31. The van der Waals surface area contributed by atoms with Crippen LogP contribution in [-0.2, 0) is 6.54 Å². The van der Waals surface area contributed by atoms with E-state index in [2.05, 4.69) is 5.10 Å². The molecule has 0 saturated carbocycles. The van der Waals surface area contributed by atoms with Gasteiger partial charge in [0.25, 0.3) is 0 Å². The molecule has 0 bridgehead atoms. The minimum atomic E-state index is -1.09. The average Bonchev–Trinajstić information content (AvgIpc) is 2.92. The lowest BCUT2D eigenvalue weighted by atomic mass is 10.1. The molecule has 0 atom stereocenters. The van der Waals surface area contributed by atoms with E-state index in [1.54, 1.807) is 29.9 Å². The van der Waals surface area contributed by atoms with Gasteiger partial charge in [-0.05, 0) is 13.0 Å². The van der Waals surface area contributed by atoms with Gasteiger partial charge in [0.2, 0.25) is 5.76 Å². The second-order valence-corrected chi connectivity index (χ2v) is 4.88. The molecule has 0 saturated heterocycles. The Kier molecular flexibility index (Phi) is 2.99. The Labute approximate surface area is 119 Å². The van der Waals surface area contributed by atoms with E-state index in [0.717, 1.165) is 5.39 Å². The summed E-state index contributed by atoms with van der Waals surface area (Å²) in [5.74, 6) is -1.15. The van der Waals surface area contributed by atoms with Crippen LogP contribution in [0.5, 0.6) is 0 Å². The van der Waals surface area contributed by atoms with Crippen LogP contribution in [0.1, 0.15) is 21.8 Å². The number of halogens is 1. The van der Waals surface area contributed by atoms with Crippen molar-refractivity contribution in [2.75, 3.05) is 0 Å². The molecule has 1 aromatic carbocycles. The molecule has 2 heterocycles. The smallest absolute Gasteiger partial charge is 0.372 e. The van der Waals surface area contributed by atoms with Crippen molar-refractivity contribution in [3.05, 3.63) is 52.5 Å². The van der Waals surface area contributed by atoms with Crippen LogP contribution in [0.2, 0.25) is 5.02 Å². The maximum absolute atomic E-state index is 11.3. The number of carboxylic acids is 1. The molecule has 20 heavy (non-hydrogen) atoms. The second-order valence-electron chi connectivity index (χ2n) is 4.47. The molecule has 0 aliphatic carbocycles. The quantitative estimate of drug-likeness (QED) is 0.803. The summed E-state index contributed by atoms with van der Waals surface area (Å²) in [6.07, 6.45) is 1.67. The van der Waals surface area contributed by atoms with Gasteiger partial charge in [-0.15, -0.1) is 0 Å². The molecule has 0 unspecified atom stereocenters. The number of carboxylic acid groups (broad SMARTS) is 1. The number of para-hydroxylation sites is 1. The van der Waals surface area contributed by atoms with E-state index in [1.807, 2.05) is 12.1 Å². The first-order valence-corrected chi connectivity index (χ1v) is 6.37. The first-order valence-electron chi connectivity index (χ1n) is 5.99. The lowest BCUT2D eigenvalue weighted by Gasteiger charge is -2.01. The number of hydrogen-bond donors (Lipinski definition) is 1. The number of benzene rings is 1. The zero-order valence-electron chi connectivity index (χ0n) is 10.6. The predicted octanol–water partition coefficient (Wildman–Crippen LogP) is 3.34.